The molecule has 0 unspecified atom stereocenters. The number of amides is 1. The van der Waals surface area contributed by atoms with Crippen molar-refractivity contribution in [1.82, 2.24) is 4.90 Å². The van der Waals surface area contributed by atoms with Gasteiger partial charge < -0.3 is 23.8 Å². The number of hydrogen-bond acceptors (Lipinski definition) is 5. The molecule has 1 heterocycles. The van der Waals surface area contributed by atoms with Crippen molar-refractivity contribution < 1.29 is 23.7 Å². The smallest absolute Gasteiger partial charge is 0.246 e. The van der Waals surface area contributed by atoms with Crippen LogP contribution >= 0.6 is 0 Å². The molecule has 0 atom stereocenters. The molecule has 2 aromatic carbocycles. The van der Waals surface area contributed by atoms with E-state index in [4.69, 9.17) is 18.9 Å². The van der Waals surface area contributed by atoms with E-state index in [9.17, 15) is 4.79 Å². The highest BCUT2D eigenvalue weighted by Gasteiger charge is 2.13. The Kier molecular flexibility index (Phi) is 5.86. The van der Waals surface area contributed by atoms with Gasteiger partial charge in [0.25, 0.3) is 0 Å². The lowest BCUT2D eigenvalue weighted by molar-refractivity contribution is -0.125. The van der Waals surface area contributed by atoms with Crippen molar-refractivity contribution in [3.63, 3.8) is 0 Å². The molecule has 0 N–H and O–H groups in total. The fourth-order valence-corrected chi connectivity index (χ4v) is 2.76. The highest BCUT2D eigenvalue weighted by Crippen LogP contribution is 2.31. The lowest BCUT2D eigenvalue weighted by Crippen LogP contribution is -2.24. The lowest BCUT2D eigenvalue weighted by atomic mass is 10.1. The van der Waals surface area contributed by atoms with Crippen LogP contribution in [0.25, 0.3) is 6.08 Å². The summed E-state index contributed by atoms with van der Waals surface area (Å²) in [6.07, 6.45) is 3.28. The molecule has 0 radical (unpaired) electrons. The van der Waals surface area contributed by atoms with E-state index in [0.717, 1.165) is 22.6 Å². The molecule has 0 aliphatic carbocycles. The maximum absolute atomic E-state index is 12.4. The van der Waals surface area contributed by atoms with Crippen LogP contribution in [0.15, 0.2) is 42.5 Å². The van der Waals surface area contributed by atoms with Gasteiger partial charge in [0.15, 0.2) is 11.5 Å². The van der Waals surface area contributed by atoms with E-state index in [2.05, 4.69) is 0 Å². The summed E-state index contributed by atoms with van der Waals surface area (Å²) in [4.78, 5) is 14.1. The highest BCUT2D eigenvalue weighted by molar-refractivity contribution is 5.91. The molecule has 0 spiro atoms. The van der Waals surface area contributed by atoms with Crippen LogP contribution in [0.4, 0.5) is 0 Å². The summed E-state index contributed by atoms with van der Waals surface area (Å²) in [6, 6.07) is 11.2. The number of methoxy groups -OCH3 is 2. The first kappa shape index (κ1) is 18.6. The Labute approximate surface area is 158 Å². The Bertz CT molecular complexity index is 824. The van der Waals surface area contributed by atoms with Crippen molar-refractivity contribution in [2.24, 2.45) is 0 Å². The van der Waals surface area contributed by atoms with Crippen LogP contribution in [0.2, 0.25) is 0 Å². The third kappa shape index (κ3) is 4.73. The zero-order valence-corrected chi connectivity index (χ0v) is 15.7. The zero-order chi connectivity index (χ0) is 19.2. The van der Waals surface area contributed by atoms with E-state index in [1.165, 1.54) is 6.08 Å². The summed E-state index contributed by atoms with van der Waals surface area (Å²) < 4.78 is 21.6. The van der Waals surface area contributed by atoms with Crippen molar-refractivity contribution in [2.45, 2.75) is 6.54 Å². The van der Waals surface area contributed by atoms with Crippen molar-refractivity contribution in [3.05, 3.63) is 53.6 Å². The Morgan fingerprint density at radius 2 is 1.70 bits per heavy atom. The summed E-state index contributed by atoms with van der Waals surface area (Å²) in [6.45, 7) is 1.57. The second-order valence-electron chi connectivity index (χ2n) is 6.15. The number of hydrogen-bond donors (Lipinski definition) is 0. The molecule has 0 bridgehead atoms. The topological polar surface area (TPSA) is 57.2 Å². The molecule has 1 aliphatic heterocycles. The summed E-state index contributed by atoms with van der Waals surface area (Å²) in [5, 5.41) is 0. The summed E-state index contributed by atoms with van der Waals surface area (Å²) in [5.74, 6) is 2.70. The van der Waals surface area contributed by atoms with Crippen LogP contribution in [0.5, 0.6) is 23.0 Å². The van der Waals surface area contributed by atoms with Gasteiger partial charge in [-0.2, -0.15) is 0 Å². The van der Waals surface area contributed by atoms with Gasteiger partial charge in [-0.3, -0.25) is 4.79 Å². The molecule has 27 heavy (non-hydrogen) atoms. The maximum atomic E-state index is 12.4. The first-order valence-corrected chi connectivity index (χ1v) is 8.64. The molecule has 1 amide bonds. The van der Waals surface area contributed by atoms with E-state index >= 15 is 0 Å². The van der Waals surface area contributed by atoms with Gasteiger partial charge in [0.2, 0.25) is 5.91 Å². The SMILES string of the molecule is COc1cc(/C=C/C(=O)N(C)Cc2ccc3c(c2)OCCO3)cc(OC)c1. The number of fused-ring (bicyclic) bond motifs is 1. The zero-order valence-electron chi connectivity index (χ0n) is 15.7. The molecular weight excluding hydrogens is 346 g/mol. The standard InChI is InChI=1S/C21H23NO5/c1-22(14-16-4-6-19-20(12-16)27-9-8-26-19)21(23)7-5-15-10-17(24-2)13-18(11-15)25-3/h4-7,10-13H,8-9,14H2,1-3H3/b7-5+. The highest BCUT2D eigenvalue weighted by atomic mass is 16.6. The molecule has 0 fully saturated rings. The van der Waals surface area contributed by atoms with Gasteiger partial charge in [0.1, 0.15) is 24.7 Å². The molecule has 3 rings (SSSR count). The predicted molar refractivity (Wildman–Crippen MR) is 102 cm³/mol. The van der Waals surface area contributed by atoms with Gasteiger partial charge in [-0.25, -0.2) is 0 Å². The Balaban J connectivity index is 1.66. The summed E-state index contributed by atoms with van der Waals surface area (Å²) in [7, 11) is 4.94. The second-order valence-corrected chi connectivity index (χ2v) is 6.15. The predicted octanol–water partition coefficient (Wildman–Crippen LogP) is 3.15. The molecule has 0 aromatic heterocycles. The third-order valence-corrected chi connectivity index (χ3v) is 4.19. The van der Waals surface area contributed by atoms with Crippen LogP contribution in [0.1, 0.15) is 11.1 Å². The van der Waals surface area contributed by atoms with Gasteiger partial charge >= 0.3 is 0 Å². The van der Waals surface area contributed by atoms with Gasteiger partial charge in [0, 0.05) is 25.7 Å². The molecule has 6 heteroatoms. The molecule has 142 valence electrons. The largest absolute Gasteiger partial charge is 0.497 e. The van der Waals surface area contributed by atoms with Crippen molar-refractivity contribution in [1.29, 1.82) is 0 Å². The summed E-state index contributed by atoms with van der Waals surface area (Å²) in [5.41, 5.74) is 1.80. The minimum Gasteiger partial charge on any atom is -0.497 e. The molecule has 2 aromatic rings. The fraction of sp³-hybridized carbons (Fsp3) is 0.286. The van der Waals surface area contributed by atoms with Crippen LogP contribution in [-0.2, 0) is 11.3 Å². The molecule has 0 saturated carbocycles. The normalized spacial score (nSPS) is 12.7. The number of carbonyl (C=O) groups is 1. The minimum atomic E-state index is -0.105. The van der Waals surface area contributed by atoms with Crippen LogP contribution in [-0.4, -0.2) is 45.3 Å². The van der Waals surface area contributed by atoms with E-state index in [1.807, 2.05) is 30.3 Å². The van der Waals surface area contributed by atoms with E-state index in [0.29, 0.717) is 31.3 Å². The maximum Gasteiger partial charge on any atom is 0.246 e. The average molecular weight is 369 g/mol. The Hall–Kier alpha value is -3.15. The number of ether oxygens (including phenoxy) is 4. The first-order valence-electron chi connectivity index (χ1n) is 8.64. The first-order chi connectivity index (χ1) is 13.1. The van der Waals surface area contributed by atoms with Gasteiger partial charge in [-0.15, -0.1) is 0 Å². The molecule has 1 aliphatic rings. The number of likely N-dealkylation sites (N-methyl/N-ethyl adjacent to an activating group) is 1. The lowest BCUT2D eigenvalue weighted by Gasteiger charge is -2.20. The van der Waals surface area contributed by atoms with Crippen molar-refractivity contribution in [3.8, 4) is 23.0 Å². The Morgan fingerprint density at radius 1 is 1.04 bits per heavy atom. The number of benzene rings is 2. The van der Waals surface area contributed by atoms with E-state index in [-0.39, 0.29) is 5.91 Å². The average Bonchev–Trinajstić information content (AvgIpc) is 2.71. The second kappa shape index (κ2) is 8.49. The fourth-order valence-electron chi connectivity index (χ4n) is 2.76. The van der Waals surface area contributed by atoms with Crippen LogP contribution in [0.3, 0.4) is 0 Å². The Morgan fingerprint density at radius 3 is 2.37 bits per heavy atom. The van der Waals surface area contributed by atoms with E-state index < -0.39 is 0 Å². The van der Waals surface area contributed by atoms with Crippen molar-refractivity contribution in [2.75, 3.05) is 34.5 Å². The van der Waals surface area contributed by atoms with Gasteiger partial charge in [0.05, 0.1) is 14.2 Å². The number of carbonyl (C=O) groups excluding carboxylic acids is 1. The van der Waals surface area contributed by atoms with E-state index in [1.54, 1.807) is 38.3 Å². The molecule has 0 saturated heterocycles. The monoisotopic (exact) mass is 369 g/mol. The van der Waals surface area contributed by atoms with Gasteiger partial charge in [-0.1, -0.05) is 6.07 Å². The third-order valence-electron chi connectivity index (χ3n) is 4.19. The minimum absolute atomic E-state index is 0.105. The quantitative estimate of drug-likeness (QED) is 0.732. The summed E-state index contributed by atoms with van der Waals surface area (Å²) >= 11 is 0. The van der Waals surface area contributed by atoms with Gasteiger partial charge in [-0.05, 0) is 41.5 Å². The van der Waals surface area contributed by atoms with Crippen LogP contribution < -0.4 is 18.9 Å². The number of rotatable bonds is 6. The van der Waals surface area contributed by atoms with Crippen LogP contribution in [0, 0.1) is 0 Å². The molecular formula is C21H23NO5. The number of nitrogens with zero attached hydrogens (tertiary/aromatic N) is 1. The molecule has 6 nitrogen and oxygen atoms in total. The van der Waals surface area contributed by atoms with Crippen molar-refractivity contribution >= 4 is 12.0 Å².